The number of carbonyl (C=O) groups excluding carboxylic acids is 2. The second-order valence-electron chi connectivity index (χ2n) is 7.51. The first-order valence-electron chi connectivity index (χ1n) is 9.73. The lowest BCUT2D eigenvalue weighted by Gasteiger charge is -2.58. The minimum absolute atomic E-state index is 0.0493. The quantitative estimate of drug-likeness (QED) is 0.867. The van der Waals surface area contributed by atoms with Crippen LogP contribution in [0.5, 0.6) is 0 Å². The lowest BCUT2D eigenvalue weighted by molar-refractivity contribution is -0.159. The molecule has 2 fully saturated rings. The van der Waals surface area contributed by atoms with Crippen LogP contribution in [0.1, 0.15) is 34.3 Å². The Morgan fingerprint density at radius 3 is 2.66 bits per heavy atom. The van der Waals surface area contributed by atoms with Gasteiger partial charge in [-0.1, -0.05) is 42.5 Å². The standard InChI is InChI=1S/C23H23FN2O3/c1-2-4-15-7-9-16(10-8-15)22-19-12-25(13-21(28)26(19)20(22)14-27)23(29)17-5-3-6-18(24)11-17/h2-11,19-20,22,27H,12-14H2,1H3/b4-2+/t19-,20-,22+/m0/s1. The molecule has 0 saturated carbocycles. The highest BCUT2D eigenvalue weighted by Crippen LogP contribution is 2.43. The number of halogens is 1. The summed E-state index contributed by atoms with van der Waals surface area (Å²) in [5, 5.41) is 9.87. The van der Waals surface area contributed by atoms with E-state index in [1.54, 1.807) is 11.0 Å². The summed E-state index contributed by atoms with van der Waals surface area (Å²) in [4.78, 5) is 28.7. The molecule has 150 valence electrons. The van der Waals surface area contributed by atoms with Crippen LogP contribution in [0.15, 0.2) is 54.6 Å². The van der Waals surface area contributed by atoms with Gasteiger partial charge in [-0.05, 0) is 36.2 Å². The number of amides is 2. The average molecular weight is 394 g/mol. The minimum Gasteiger partial charge on any atom is -0.394 e. The van der Waals surface area contributed by atoms with E-state index in [-0.39, 0.29) is 48.5 Å². The monoisotopic (exact) mass is 394 g/mol. The third kappa shape index (κ3) is 3.44. The number of benzene rings is 2. The van der Waals surface area contributed by atoms with Crippen molar-refractivity contribution in [2.24, 2.45) is 0 Å². The molecule has 0 bridgehead atoms. The molecule has 2 aromatic rings. The number of aliphatic hydroxyl groups excluding tert-OH is 1. The van der Waals surface area contributed by atoms with Crippen LogP contribution in [0, 0.1) is 5.82 Å². The van der Waals surface area contributed by atoms with E-state index in [0.717, 1.165) is 11.1 Å². The first-order valence-corrected chi connectivity index (χ1v) is 9.73. The van der Waals surface area contributed by atoms with E-state index in [1.807, 2.05) is 43.3 Å². The number of nitrogens with zero attached hydrogens (tertiary/aromatic N) is 2. The van der Waals surface area contributed by atoms with Crippen molar-refractivity contribution in [3.05, 3.63) is 77.1 Å². The van der Waals surface area contributed by atoms with Crippen LogP contribution in [0.25, 0.3) is 6.08 Å². The molecule has 29 heavy (non-hydrogen) atoms. The van der Waals surface area contributed by atoms with Crippen molar-refractivity contribution >= 4 is 17.9 Å². The molecule has 3 atom stereocenters. The topological polar surface area (TPSA) is 60.9 Å². The zero-order valence-electron chi connectivity index (χ0n) is 16.2. The molecule has 0 aliphatic carbocycles. The SMILES string of the molecule is C/C=C/c1ccc([C@H]2[C@H](CO)N3C(=O)CN(C(=O)c4cccc(F)c4)C[C@@H]23)cc1. The van der Waals surface area contributed by atoms with Crippen molar-refractivity contribution in [1.82, 2.24) is 9.80 Å². The van der Waals surface area contributed by atoms with Crippen LogP contribution in [0.2, 0.25) is 0 Å². The van der Waals surface area contributed by atoms with Crippen LogP contribution in [0.4, 0.5) is 4.39 Å². The largest absolute Gasteiger partial charge is 0.394 e. The van der Waals surface area contributed by atoms with Gasteiger partial charge in [0.2, 0.25) is 5.91 Å². The van der Waals surface area contributed by atoms with Gasteiger partial charge in [-0.25, -0.2) is 4.39 Å². The van der Waals surface area contributed by atoms with Crippen LogP contribution < -0.4 is 0 Å². The summed E-state index contributed by atoms with van der Waals surface area (Å²) in [6.07, 6.45) is 3.97. The fourth-order valence-electron chi connectivity index (χ4n) is 4.48. The average Bonchev–Trinajstić information content (AvgIpc) is 2.70. The lowest BCUT2D eigenvalue weighted by Crippen LogP contribution is -2.73. The number of aliphatic hydroxyl groups is 1. The molecule has 2 aromatic carbocycles. The van der Waals surface area contributed by atoms with Crippen molar-refractivity contribution in [2.75, 3.05) is 19.7 Å². The fraction of sp³-hybridized carbons (Fsp3) is 0.304. The van der Waals surface area contributed by atoms with Crippen molar-refractivity contribution in [2.45, 2.75) is 24.9 Å². The molecule has 5 nitrogen and oxygen atoms in total. The van der Waals surface area contributed by atoms with Crippen molar-refractivity contribution in [3.63, 3.8) is 0 Å². The Hall–Kier alpha value is -2.99. The summed E-state index contributed by atoms with van der Waals surface area (Å²) in [6.45, 7) is 2.13. The highest BCUT2D eigenvalue weighted by molar-refractivity contribution is 5.97. The van der Waals surface area contributed by atoms with Gasteiger partial charge in [-0.3, -0.25) is 9.59 Å². The molecule has 6 heteroatoms. The highest BCUT2D eigenvalue weighted by Gasteiger charge is 2.54. The van der Waals surface area contributed by atoms with E-state index in [2.05, 4.69) is 0 Å². The Bertz CT molecular complexity index is 957. The Morgan fingerprint density at radius 2 is 2.00 bits per heavy atom. The Morgan fingerprint density at radius 1 is 1.24 bits per heavy atom. The van der Waals surface area contributed by atoms with Gasteiger partial charge in [0.15, 0.2) is 0 Å². The molecule has 1 N–H and O–H groups in total. The summed E-state index contributed by atoms with van der Waals surface area (Å²) in [7, 11) is 0. The van der Waals surface area contributed by atoms with E-state index in [4.69, 9.17) is 0 Å². The molecule has 0 radical (unpaired) electrons. The lowest BCUT2D eigenvalue weighted by atomic mass is 9.73. The van der Waals surface area contributed by atoms with Crippen LogP contribution in [0.3, 0.4) is 0 Å². The molecule has 0 aromatic heterocycles. The Labute approximate surface area is 169 Å². The van der Waals surface area contributed by atoms with E-state index >= 15 is 0 Å². The summed E-state index contributed by atoms with van der Waals surface area (Å²) >= 11 is 0. The molecule has 2 saturated heterocycles. The van der Waals surface area contributed by atoms with Gasteiger partial charge in [-0.2, -0.15) is 0 Å². The third-order valence-corrected chi connectivity index (χ3v) is 5.79. The van der Waals surface area contributed by atoms with Crippen LogP contribution >= 0.6 is 0 Å². The van der Waals surface area contributed by atoms with E-state index in [9.17, 15) is 19.1 Å². The molecule has 2 amide bonds. The predicted octanol–water partition coefficient (Wildman–Crippen LogP) is 2.67. The smallest absolute Gasteiger partial charge is 0.254 e. The summed E-state index contributed by atoms with van der Waals surface area (Å²) in [5.74, 6) is -1.07. The maximum Gasteiger partial charge on any atom is 0.254 e. The predicted molar refractivity (Wildman–Crippen MR) is 108 cm³/mol. The first kappa shape index (κ1) is 19.3. The highest BCUT2D eigenvalue weighted by atomic mass is 19.1. The third-order valence-electron chi connectivity index (χ3n) is 5.79. The Balaban J connectivity index is 1.58. The molecular weight excluding hydrogens is 371 g/mol. The molecular formula is C23H23FN2O3. The molecule has 0 unspecified atom stereocenters. The maximum absolute atomic E-state index is 13.5. The summed E-state index contributed by atoms with van der Waals surface area (Å²) in [6, 6.07) is 13.1. The molecule has 4 rings (SSSR count). The zero-order chi connectivity index (χ0) is 20.5. The van der Waals surface area contributed by atoms with Crippen LogP contribution in [-0.4, -0.2) is 58.5 Å². The molecule has 2 heterocycles. The second-order valence-corrected chi connectivity index (χ2v) is 7.51. The van der Waals surface area contributed by atoms with Gasteiger partial charge in [0.25, 0.3) is 5.91 Å². The Kier molecular flexibility index (Phi) is 5.20. The first-order chi connectivity index (χ1) is 14.0. The number of rotatable bonds is 4. The molecule has 0 spiro atoms. The number of hydrogen-bond donors (Lipinski definition) is 1. The van der Waals surface area contributed by atoms with Gasteiger partial charge in [0.05, 0.1) is 18.7 Å². The number of hydrogen-bond acceptors (Lipinski definition) is 3. The summed E-state index contributed by atoms with van der Waals surface area (Å²) < 4.78 is 13.5. The van der Waals surface area contributed by atoms with Crippen molar-refractivity contribution < 1.29 is 19.1 Å². The van der Waals surface area contributed by atoms with E-state index in [0.29, 0.717) is 6.54 Å². The van der Waals surface area contributed by atoms with Gasteiger partial charge in [0.1, 0.15) is 12.4 Å². The van der Waals surface area contributed by atoms with Gasteiger partial charge >= 0.3 is 0 Å². The van der Waals surface area contributed by atoms with E-state index in [1.165, 1.54) is 23.1 Å². The second kappa shape index (κ2) is 7.79. The minimum atomic E-state index is -0.483. The maximum atomic E-state index is 13.5. The van der Waals surface area contributed by atoms with Gasteiger partial charge in [0, 0.05) is 18.0 Å². The fourth-order valence-corrected chi connectivity index (χ4v) is 4.48. The van der Waals surface area contributed by atoms with Gasteiger partial charge in [-0.15, -0.1) is 0 Å². The van der Waals surface area contributed by atoms with Crippen molar-refractivity contribution in [1.29, 1.82) is 0 Å². The normalized spacial score (nSPS) is 23.8. The van der Waals surface area contributed by atoms with Gasteiger partial charge < -0.3 is 14.9 Å². The number of carbonyl (C=O) groups is 2. The number of piperazine rings is 1. The van der Waals surface area contributed by atoms with Crippen LogP contribution in [-0.2, 0) is 4.79 Å². The zero-order valence-corrected chi connectivity index (χ0v) is 16.2. The number of allylic oxidation sites excluding steroid dienone is 1. The summed E-state index contributed by atoms with van der Waals surface area (Å²) in [5.41, 5.74) is 2.35. The number of fused-ring (bicyclic) bond motifs is 1. The van der Waals surface area contributed by atoms with Crippen molar-refractivity contribution in [3.8, 4) is 0 Å². The molecule has 2 aliphatic rings. The van der Waals surface area contributed by atoms with E-state index < -0.39 is 5.82 Å². The molecule has 2 aliphatic heterocycles.